The standard InChI is InChI=1S/C7H8O3S.C4H6O/c1-6-2-4-7(5-3-6)11(8,9)10;1-2-3-4-5/h2-5H,1H3,(H,8,9,10);2,4-5H,1H3. The van der Waals surface area contributed by atoms with E-state index in [9.17, 15) is 8.42 Å². The molecule has 0 aromatic heterocycles. The third-order valence-corrected chi connectivity index (χ3v) is 2.43. The predicted octanol–water partition coefficient (Wildman–Crippen LogP) is 2.47. The Morgan fingerprint density at radius 2 is 1.75 bits per heavy atom. The van der Waals surface area contributed by atoms with Crippen LogP contribution in [-0.2, 0) is 10.1 Å². The fourth-order valence-corrected chi connectivity index (χ4v) is 1.26. The Kier molecular flexibility index (Phi) is 6.18. The Hall–Kier alpha value is -1.55. The van der Waals surface area contributed by atoms with Gasteiger partial charge in [-0.05, 0) is 32.1 Å². The quantitative estimate of drug-likeness (QED) is 0.450. The van der Waals surface area contributed by atoms with Crippen LogP contribution >= 0.6 is 0 Å². The van der Waals surface area contributed by atoms with Crippen LogP contribution in [0.25, 0.3) is 0 Å². The number of benzene rings is 1. The summed E-state index contributed by atoms with van der Waals surface area (Å²) in [6.45, 7) is 3.63. The van der Waals surface area contributed by atoms with Crippen LogP contribution in [0.4, 0.5) is 0 Å². The smallest absolute Gasteiger partial charge is 0.294 e. The van der Waals surface area contributed by atoms with E-state index in [0.717, 1.165) is 11.8 Å². The van der Waals surface area contributed by atoms with E-state index in [1.165, 1.54) is 12.1 Å². The number of hydrogen-bond donors (Lipinski definition) is 2. The molecule has 0 saturated heterocycles. The molecule has 0 bridgehead atoms. The summed E-state index contributed by atoms with van der Waals surface area (Å²) in [6, 6.07) is 5.99. The lowest BCUT2D eigenvalue weighted by Crippen LogP contribution is -1.96. The zero-order chi connectivity index (χ0) is 12.6. The van der Waals surface area contributed by atoms with Crippen molar-refractivity contribution in [2.24, 2.45) is 0 Å². The number of hydrogen-bond acceptors (Lipinski definition) is 3. The third-order valence-electron chi connectivity index (χ3n) is 1.56. The molecule has 16 heavy (non-hydrogen) atoms. The molecule has 1 aromatic rings. The van der Waals surface area contributed by atoms with Gasteiger partial charge in [-0.2, -0.15) is 8.42 Å². The molecule has 0 aliphatic heterocycles. The molecule has 0 fully saturated rings. The second-order valence-electron chi connectivity index (χ2n) is 2.87. The van der Waals surface area contributed by atoms with Gasteiger partial charge >= 0.3 is 0 Å². The number of rotatable bonds is 1. The minimum absolute atomic E-state index is 0.0666. The van der Waals surface area contributed by atoms with Gasteiger partial charge in [0.1, 0.15) is 6.26 Å². The molecule has 4 nitrogen and oxygen atoms in total. The summed E-state index contributed by atoms with van der Waals surface area (Å²) in [5.74, 6) is 0. The van der Waals surface area contributed by atoms with Crippen molar-refractivity contribution >= 4 is 10.1 Å². The molecule has 0 saturated carbocycles. The molecular weight excluding hydrogens is 228 g/mol. The maximum Gasteiger partial charge on any atom is 0.294 e. The fraction of sp³-hybridized carbons (Fsp3) is 0.182. The lowest BCUT2D eigenvalue weighted by atomic mass is 10.2. The zero-order valence-electron chi connectivity index (χ0n) is 9.08. The van der Waals surface area contributed by atoms with Crippen molar-refractivity contribution in [3.8, 4) is 0 Å². The second kappa shape index (κ2) is 6.85. The monoisotopic (exact) mass is 242 g/mol. The Bertz CT molecular complexity index is 459. The first-order chi connectivity index (χ1) is 7.41. The lowest BCUT2D eigenvalue weighted by Gasteiger charge is -1.95. The number of aliphatic hydroxyl groups excluding tert-OH is 1. The first-order valence-corrected chi connectivity index (χ1v) is 5.89. The van der Waals surface area contributed by atoms with Crippen molar-refractivity contribution in [3.63, 3.8) is 0 Å². The number of allylic oxidation sites excluding steroid dienone is 1. The second-order valence-corrected chi connectivity index (χ2v) is 4.29. The fourth-order valence-electron chi connectivity index (χ4n) is 0.785. The van der Waals surface area contributed by atoms with Crippen LogP contribution in [0.1, 0.15) is 12.5 Å². The van der Waals surface area contributed by atoms with E-state index in [0.29, 0.717) is 0 Å². The molecule has 0 amide bonds. The van der Waals surface area contributed by atoms with Crippen LogP contribution in [0.3, 0.4) is 0 Å². The normalized spacial score (nSPS) is 9.44. The highest BCUT2D eigenvalue weighted by molar-refractivity contribution is 7.85. The van der Waals surface area contributed by atoms with E-state index < -0.39 is 10.1 Å². The van der Waals surface area contributed by atoms with Gasteiger partial charge in [-0.3, -0.25) is 4.55 Å². The van der Waals surface area contributed by atoms with Crippen molar-refractivity contribution < 1.29 is 18.1 Å². The summed E-state index contributed by atoms with van der Waals surface area (Å²) >= 11 is 0. The van der Waals surface area contributed by atoms with Gasteiger partial charge in [0.05, 0.1) is 4.90 Å². The summed E-state index contributed by atoms with van der Waals surface area (Å²) < 4.78 is 29.6. The molecule has 0 atom stereocenters. The summed E-state index contributed by atoms with van der Waals surface area (Å²) in [6.07, 6.45) is 2.50. The molecule has 88 valence electrons. The summed E-state index contributed by atoms with van der Waals surface area (Å²) in [4.78, 5) is -0.0666. The molecule has 0 aliphatic carbocycles. The molecular formula is C11H14O4S. The van der Waals surface area contributed by atoms with Crippen molar-refractivity contribution in [2.45, 2.75) is 18.7 Å². The molecule has 1 aromatic carbocycles. The van der Waals surface area contributed by atoms with Crippen LogP contribution in [0, 0.1) is 6.92 Å². The summed E-state index contributed by atoms with van der Waals surface area (Å²) in [5, 5.41) is 7.80. The Labute approximate surface area is 95.3 Å². The van der Waals surface area contributed by atoms with E-state index >= 15 is 0 Å². The highest BCUT2D eigenvalue weighted by Crippen LogP contribution is 2.08. The molecule has 0 unspecified atom stereocenters. The minimum Gasteiger partial charge on any atom is -0.507 e. The largest absolute Gasteiger partial charge is 0.507 e. The van der Waals surface area contributed by atoms with Gasteiger partial charge in [0.25, 0.3) is 10.1 Å². The average Bonchev–Trinajstić information content (AvgIpc) is 2.19. The van der Waals surface area contributed by atoms with Gasteiger partial charge in [-0.25, -0.2) is 0 Å². The molecule has 5 heteroatoms. The van der Waals surface area contributed by atoms with Crippen molar-refractivity contribution in [2.75, 3.05) is 0 Å². The third kappa shape index (κ3) is 6.03. The molecule has 0 radical (unpaired) electrons. The van der Waals surface area contributed by atoms with Crippen LogP contribution < -0.4 is 0 Å². The van der Waals surface area contributed by atoms with E-state index in [4.69, 9.17) is 9.66 Å². The zero-order valence-corrected chi connectivity index (χ0v) is 9.90. The van der Waals surface area contributed by atoms with Gasteiger partial charge < -0.3 is 5.11 Å². The molecule has 1 rings (SSSR count). The maximum atomic E-state index is 10.5. The Balaban J connectivity index is 0.000000385. The maximum absolute atomic E-state index is 10.5. The highest BCUT2D eigenvalue weighted by Gasteiger charge is 2.06. The molecule has 0 spiro atoms. The number of aliphatic hydroxyl groups is 1. The Morgan fingerprint density at radius 3 is 2.00 bits per heavy atom. The van der Waals surface area contributed by atoms with Crippen molar-refractivity contribution in [1.29, 1.82) is 0 Å². The van der Waals surface area contributed by atoms with Crippen LogP contribution in [0.2, 0.25) is 0 Å². The first-order valence-electron chi connectivity index (χ1n) is 4.45. The van der Waals surface area contributed by atoms with Gasteiger partial charge in [0.15, 0.2) is 0 Å². The molecule has 0 heterocycles. The summed E-state index contributed by atoms with van der Waals surface area (Å²) in [7, 11) is -4.02. The lowest BCUT2D eigenvalue weighted by molar-refractivity contribution is 0.474. The van der Waals surface area contributed by atoms with Crippen molar-refractivity contribution in [1.82, 2.24) is 0 Å². The van der Waals surface area contributed by atoms with Gasteiger partial charge in [0.2, 0.25) is 0 Å². The summed E-state index contributed by atoms with van der Waals surface area (Å²) in [5.41, 5.74) is 3.37. The van der Waals surface area contributed by atoms with Crippen LogP contribution in [-0.4, -0.2) is 18.1 Å². The SMILES string of the molecule is CC=C=CO.Cc1ccc(S(=O)(=O)O)cc1. The van der Waals surface area contributed by atoms with Crippen LogP contribution in [0.15, 0.2) is 47.2 Å². The highest BCUT2D eigenvalue weighted by atomic mass is 32.2. The van der Waals surface area contributed by atoms with E-state index in [1.54, 1.807) is 25.1 Å². The molecule has 2 N–H and O–H groups in total. The van der Waals surface area contributed by atoms with E-state index in [1.807, 2.05) is 6.92 Å². The predicted molar refractivity (Wildman–Crippen MR) is 61.9 cm³/mol. The van der Waals surface area contributed by atoms with Gasteiger partial charge in [-0.1, -0.05) is 23.4 Å². The molecule has 0 aliphatic rings. The van der Waals surface area contributed by atoms with Crippen molar-refractivity contribution in [3.05, 3.63) is 47.9 Å². The van der Waals surface area contributed by atoms with Gasteiger partial charge in [0, 0.05) is 0 Å². The van der Waals surface area contributed by atoms with E-state index in [-0.39, 0.29) is 4.90 Å². The first kappa shape index (κ1) is 14.5. The topological polar surface area (TPSA) is 74.6 Å². The number of aryl methyl sites for hydroxylation is 1. The average molecular weight is 242 g/mol. The van der Waals surface area contributed by atoms with E-state index in [2.05, 4.69) is 5.73 Å². The van der Waals surface area contributed by atoms with Gasteiger partial charge in [-0.15, -0.1) is 0 Å². The Morgan fingerprint density at radius 1 is 1.25 bits per heavy atom. The van der Waals surface area contributed by atoms with Crippen LogP contribution in [0.5, 0.6) is 0 Å². The minimum atomic E-state index is -4.02.